The van der Waals surface area contributed by atoms with Crippen molar-refractivity contribution < 1.29 is 4.74 Å². The van der Waals surface area contributed by atoms with E-state index < -0.39 is 0 Å². The first-order valence-corrected chi connectivity index (χ1v) is 6.88. The highest BCUT2D eigenvalue weighted by Gasteiger charge is 2.20. The molecule has 2 aromatic heterocycles. The Kier molecular flexibility index (Phi) is 3.71. The summed E-state index contributed by atoms with van der Waals surface area (Å²) in [6, 6.07) is 1.54. The average molecular weight is 279 g/mol. The Hall–Kier alpha value is -1.69. The van der Waals surface area contributed by atoms with Crippen LogP contribution in [0.2, 0.25) is 0 Å². The van der Waals surface area contributed by atoms with Gasteiger partial charge in [0.25, 0.3) is 10.8 Å². The largest absolute Gasteiger partial charge is 0.462 e. The molecule has 102 valence electrons. The summed E-state index contributed by atoms with van der Waals surface area (Å²) < 4.78 is 7.22. The number of aryl methyl sites for hydroxylation is 1. The van der Waals surface area contributed by atoms with Crippen LogP contribution in [0.3, 0.4) is 0 Å². The first-order chi connectivity index (χ1) is 8.88. The van der Waals surface area contributed by atoms with Crippen molar-refractivity contribution in [1.29, 1.82) is 0 Å². The Labute approximate surface area is 115 Å². The molecular weight excluding hydrogens is 262 g/mol. The Balaban J connectivity index is 2.35. The zero-order valence-electron chi connectivity index (χ0n) is 11.5. The summed E-state index contributed by atoms with van der Waals surface area (Å²) in [5.41, 5.74) is 0.306. The fourth-order valence-electron chi connectivity index (χ4n) is 1.88. The summed E-state index contributed by atoms with van der Waals surface area (Å²) in [5, 5.41) is 2.42. The van der Waals surface area contributed by atoms with Gasteiger partial charge in [-0.15, -0.1) is 0 Å². The minimum absolute atomic E-state index is 0.0576. The normalized spacial score (nSPS) is 11.6. The van der Waals surface area contributed by atoms with Crippen molar-refractivity contribution in [1.82, 2.24) is 14.5 Å². The van der Waals surface area contributed by atoms with Crippen molar-refractivity contribution in [2.24, 2.45) is 0 Å². The lowest BCUT2D eigenvalue weighted by atomic mass is 10.1. The Morgan fingerprint density at radius 3 is 2.74 bits per heavy atom. The van der Waals surface area contributed by atoms with E-state index in [1.807, 2.05) is 26.2 Å². The number of ether oxygens (including phenoxy) is 1. The van der Waals surface area contributed by atoms with Crippen molar-refractivity contribution in [3.05, 3.63) is 39.5 Å². The molecule has 0 N–H and O–H groups in total. The van der Waals surface area contributed by atoms with E-state index in [0.717, 1.165) is 0 Å². The minimum atomic E-state index is -0.334. The van der Waals surface area contributed by atoms with Crippen molar-refractivity contribution in [2.75, 3.05) is 0 Å². The zero-order chi connectivity index (χ0) is 14.0. The van der Waals surface area contributed by atoms with Crippen LogP contribution in [0.4, 0.5) is 0 Å². The first kappa shape index (κ1) is 13.7. The lowest BCUT2D eigenvalue weighted by Gasteiger charge is -2.25. The van der Waals surface area contributed by atoms with Crippen LogP contribution >= 0.6 is 11.3 Å². The summed E-state index contributed by atoms with van der Waals surface area (Å²) in [5.74, 6) is 0.618. The second kappa shape index (κ2) is 5.13. The maximum atomic E-state index is 12.1. The molecule has 0 aliphatic heterocycles. The third-order valence-corrected chi connectivity index (χ3v) is 3.20. The van der Waals surface area contributed by atoms with Crippen molar-refractivity contribution in [3.63, 3.8) is 0 Å². The van der Waals surface area contributed by atoms with Crippen LogP contribution < -0.4 is 10.3 Å². The molecule has 0 saturated carbocycles. The van der Waals surface area contributed by atoms with E-state index in [2.05, 4.69) is 9.97 Å². The van der Waals surface area contributed by atoms with Gasteiger partial charge in [-0.2, -0.15) is 0 Å². The SMILES string of the molecule is Cc1cc(=O)n(C(C)(C)C)c(COc2nccs2)n1. The Morgan fingerprint density at radius 2 is 2.16 bits per heavy atom. The van der Waals surface area contributed by atoms with Gasteiger partial charge in [0.2, 0.25) is 0 Å². The average Bonchev–Trinajstić information content (AvgIpc) is 2.75. The van der Waals surface area contributed by atoms with Crippen LogP contribution in [-0.2, 0) is 12.1 Å². The molecule has 2 rings (SSSR count). The van der Waals surface area contributed by atoms with Crippen LogP contribution in [-0.4, -0.2) is 14.5 Å². The molecule has 5 nitrogen and oxygen atoms in total. The van der Waals surface area contributed by atoms with Gasteiger partial charge in [-0.3, -0.25) is 9.36 Å². The Morgan fingerprint density at radius 1 is 1.42 bits per heavy atom. The predicted octanol–water partition coefficient (Wildman–Crippen LogP) is 2.34. The van der Waals surface area contributed by atoms with E-state index in [4.69, 9.17) is 4.74 Å². The first-order valence-electron chi connectivity index (χ1n) is 6.00. The van der Waals surface area contributed by atoms with Gasteiger partial charge < -0.3 is 4.74 Å². The summed E-state index contributed by atoms with van der Waals surface area (Å²) in [6.07, 6.45) is 1.68. The predicted molar refractivity (Wildman–Crippen MR) is 74.7 cm³/mol. The van der Waals surface area contributed by atoms with Gasteiger partial charge in [0.1, 0.15) is 12.4 Å². The third-order valence-electron chi connectivity index (χ3n) is 2.52. The topological polar surface area (TPSA) is 57.0 Å². The fourth-order valence-corrected chi connectivity index (χ4v) is 2.37. The van der Waals surface area contributed by atoms with E-state index in [1.165, 1.54) is 17.4 Å². The summed E-state index contributed by atoms with van der Waals surface area (Å²) in [4.78, 5) is 20.6. The molecule has 0 aromatic carbocycles. The molecule has 0 aliphatic carbocycles. The number of aromatic nitrogens is 3. The fraction of sp³-hybridized carbons (Fsp3) is 0.462. The van der Waals surface area contributed by atoms with Crippen LogP contribution in [0.25, 0.3) is 0 Å². The molecule has 0 fully saturated rings. The molecule has 0 aliphatic rings. The highest BCUT2D eigenvalue weighted by molar-refractivity contribution is 7.11. The lowest BCUT2D eigenvalue weighted by molar-refractivity contribution is 0.262. The van der Waals surface area contributed by atoms with Gasteiger partial charge >= 0.3 is 0 Å². The number of hydrogen-bond donors (Lipinski definition) is 0. The Bertz CT molecular complexity index is 612. The molecule has 0 unspecified atom stereocenters. The zero-order valence-corrected chi connectivity index (χ0v) is 12.3. The molecule has 6 heteroatoms. The van der Waals surface area contributed by atoms with Gasteiger partial charge in [-0.1, -0.05) is 11.3 Å². The number of thiazole rings is 1. The monoisotopic (exact) mass is 279 g/mol. The highest BCUT2D eigenvalue weighted by atomic mass is 32.1. The van der Waals surface area contributed by atoms with Gasteiger partial charge in [0, 0.05) is 28.9 Å². The smallest absolute Gasteiger partial charge is 0.273 e. The van der Waals surface area contributed by atoms with Crippen molar-refractivity contribution >= 4 is 11.3 Å². The van der Waals surface area contributed by atoms with E-state index >= 15 is 0 Å². The van der Waals surface area contributed by atoms with Gasteiger partial charge in [0.15, 0.2) is 0 Å². The maximum absolute atomic E-state index is 12.1. The highest BCUT2D eigenvalue weighted by Crippen LogP contribution is 2.17. The molecule has 0 radical (unpaired) electrons. The van der Waals surface area contributed by atoms with Gasteiger partial charge in [0.05, 0.1) is 0 Å². The van der Waals surface area contributed by atoms with Gasteiger partial charge in [-0.25, -0.2) is 9.97 Å². The van der Waals surface area contributed by atoms with E-state index in [9.17, 15) is 4.79 Å². The van der Waals surface area contributed by atoms with Crippen LogP contribution in [0.15, 0.2) is 22.4 Å². The van der Waals surface area contributed by atoms with Crippen molar-refractivity contribution in [2.45, 2.75) is 39.8 Å². The van der Waals surface area contributed by atoms with Crippen LogP contribution in [0.5, 0.6) is 5.19 Å². The number of nitrogens with zero attached hydrogens (tertiary/aromatic N) is 3. The van der Waals surface area contributed by atoms with E-state index in [1.54, 1.807) is 17.7 Å². The molecule has 19 heavy (non-hydrogen) atoms. The summed E-state index contributed by atoms with van der Waals surface area (Å²) in [7, 11) is 0. The second-order valence-electron chi connectivity index (χ2n) is 5.24. The van der Waals surface area contributed by atoms with Gasteiger partial charge in [-0.05, 0) is 27.7 Å². The molecule has 0 bridgehead atoms. The third kappa shape index (κ3) is 3.20. The number of rotatable bonds is 3. The lowest BCUT2D eigenvalue weighted by Crippen LogP contribution is -2.37. The second-order valence-corrected chi connectivity index (χ2v) is 6.10. The molecule has 2 heterocycles. The molecule has 0 spiro atoms. The van der Waals surface area contributed by atoms with E-state index in [-0.39, 0.29) is 17.7 Å². The van der Waals surface area contributed by atoms with E-state index in [0.29, 0.717) is 16.7 Å². The van der Waals surface area contributed by atoms with Crippen molar-refractivity contribution in [3.8, 4) is 5.19 Å². The molecule has 0 amide bonds. The molecule has 0 saturated heterocycles. The van der Waals surface area contributed by atoms with Crippen LogP contribution in [0.1, 0.15) is 32.3 Å². The summed E-state index contributed by atoms with van der Waals surface area (Å²) in [6.45, 7) is 7.96. The van der Waals surface area contributed by atoms with Crippen LogP contribution in [0, 0.1) is 6.92 Å². The molecule has 0 atom stereocenters. The summed E-state index contributed by atoms with van der Waals surface area (Å²) >= 11 is 1.42. The minimum Gasteiger partial charge on any atom is -0.462 e. The quantitative estimate of drug-likeness (QED) is 0.865. The molecular formula is C13H17N3O2S. The number of hydrogen-bond acceptors (Lipinski definition) is 5. The molecule has 2 aromatic rings. The standard InChI is InChI=1S/C13H17N3O2S/c1-9-7-11(17)16(13(2,3)4)10(15-9)8-18-12-14-5-6-19-12/h5-7H,8H2,1-4H3. The maximum Gasteiger partial charge on any atom is 0.273 e.